The Balaban J connectivity index is 2.30. The SMILES string of the molecule is COC(=O)C1CC(=O)N(c2cc(O)cc(C(=O)O)c2)C1. The van der Waals surface area contributed by atoms with Crippen molar-refractivity contribution in [2.24, 2.45) is 5.92 Å². The van der Waals surface area contributed by atoms with Crippen LogP contribution in [0.1, 0.15) is 16.8 Å². The summed E-state index contributed by atoms with van der Waals surface area (Å²) in [7, 11) is 1.24. The van der Waals surface area contributed by atoms with Crippen LogP contribution in [0, 0.1) is 5.92 Å². The Labute approximate surface area is 114 Å². The molecule has 1 aromatic rings. The van der Waals surface area contributed by atoms with Crippen LogP contribution in [0.4, 0.5) is 5.69 Å². The molecular formula is C13H13NO6. The summed E-state index contributed by atoms with van der Waals surface area (Å²) < 4.78 is 4.59. The van der Waals surface area contributed by atoms with Crippen LogP contribution in [-0.2, 0) is 14.3 Å². The van der Waals surface area contributed by atoms with Gasteiger partial charge in [-0.15, -0.1) is 0 Å². The smallest absolute Gasteiger partial charge is 0.335 e. The first-order valence-electron chi connectivity index (χ1n) is 5.88. The van der Waals surface area contributed by atoms with Gasteiger partial charge in [0.1, 0.15) is 5.75 Å². The van der Waals surface area contributed by atoms with Gasteiger partial charge in [-0.3, -0.25) is 9.59 Å². The van der Waals surface area contributed by atoms with Crippen molar-refractivity contribution in [3.05, 3.63) is 23.8 Å². The average Bonchev–Trinajstić information content (AvgIpc) is 2.79. The van der Waals surface area contributed by atoms with Gasteiger partial charge in [-0.25, -0.2) is 4.79 Å². The van der Waals surface area contributed by atoms with Gasteiger partial charge < -0.3 is 19.8 Å². The van der Waals surface area contributed by atoms with E-state index in [-0.39, 0.29) is 35.9 Å². The van der Waals surface area contributed by atoms with E-state index in [0.29, 0.717) is 0 Å². The monoisotopic (exact) mass is 279 g/mol. The van der Waals surface area contributed by atoms with Crippen LogP contribution in [0.3, 0.4) is 0 Å². The summed E-state index contributed by atoms with van der Waals surface area (Å²) in [4.78, 5) is 35.5. The van der Waals surface area contributed by atoms with Crippen molar-refractivity contribution >= 4 is 23.5 Å². The van der Waals surface area contributed by atoms with Gasteiger partial charge in [-0.05, 0) is 12.1 Å². The maximum atomic E-state index is 11.9. The van der Waals surface area contributed by atoms with Crippen molar-refractivity contribution in [3.63, 3.8) is 0 Å². The molecule has 0 spiro atoms. The van der Waals surface area contributed by atoms with Gasteiger partial charge in [0.05, 0.1) is 18.6 Å². The number of rotatable bonds is 3. The Morgan fingerprint density at radius 3 is 2.65 bits per heavy atom. The van der Waals surface area contributed by atoms with Gasteiger partial charge in [0.2, 0.25) is 5.91 Å². The molecule has 106 valence electrons. The molecule has 7 heteroatoms. The van der Waals surface area contributed by atoms with Crippen LogP contribution in [0.15, 0.2) is 18.2 Å². The molecule has 0 aliphatic carbocycles. The Morgan fingerprint density at radius 2 is 2.05 bits per heavy atom. The Hall–Kier alpha value is -2.57. The van der Waals surface area contributed by atoms with Crippen molar-refractivity contribution in [1.29, 1.82) is 0 Å². The molecule has 0 radical (unpaired) electrons. The molecule has 1 atom stereocenters. The number of carbonyl (C=O) groups is 3. The Bertz CT molecular complexity index is 582. The van der Waals surface area contributed by atoms with Gasteiger partial charge in [0, 0.05) is 24.7 Å². The first kappa shape index (κ1) is 13.9. The number of ether oxygens (including phenoxy) is 1. The number of benzene rings is 1. The van der Waals surface area contributed by atoms with E-state index in [1.54, 1.807) is 0 Å². The lowest BCUT2D eigenvalue weighted by molar-refractivity contribution is -0.145. The van der Waals surface area contributed by atoms with Crippen molar-refractivity contribution in [2.75, 3.05) is 18.6 Å². The van der Waals surface area contributed by atoms with Gasteiger partial charge >= 0.3 is 11.9 Å². The summed E-state index contributed by atoms with van der Waals surface area (Å²) in [5.74, 6) is -2.85. The van der Waals surface area contributed by atoms with Gasteiger partial charge in [0.15, 0.2) is 0 Å². The van der Waals surface area contributed by atoms with Gasteiger partial charge in [-0.1, -0.05) is 0 Å². The normalized spacial score (nSPS) is 18.1. The van der Waals surface area contributed by atoms with E-state index in [1.165, 1.54) is 24.1 Å². The number of anilines is 1. The third kappa shape index (κ3) is 2.56. The minimum Gasteiger partial charge on any atom is -0.508 e. The maximum Gasteiger partial charge on any atom is 0.335 e. The van der Waals surface area contributed by atoms with E-state index in [1.807, 2.05) is 0 Å². The lowest BCUT2D eigenvalue weighted by Gasteiger charge is -2.17. The molecule has 0 saturated carbocycles. The molecule has 1 unspecified atom stereocenters. The third-order valence-corrected chi connectivity index (χ3v) is 3.12. The Morgan fingerprint density at radius 1 is 1.35 bits per heavy atom. The Kier molecular flexibility index (Phi) is 3.60. The fourth-order valence-corrected chi connectivity index (χ4v) is 2.16. The van der Waals surface area contributed by atoms with Gasteiger partial charge in [-0.2, -0.15) is 0 Å². The number of aromatic carboxylic acids is 1. The number of nitrogens with zero attached hydrogens (tertiary/aromatic N) is 1. The fourth-order valence-electron chi connectivity index (χ4n) is 2.16. The second-order valence-electron chi connectivity index (χ2n) is 4.47. The molecule has 1 aliphatic heterocycles. The molecule has 1 fully saturated rings. The van der Waals surface area contributed by atoms with Crippen molar-refractivity contribution in [3.8, 4) is 5.75 Å². The predicted octanol–water partition coefficient (Wildman–Crippen LogP) is 0.616. The van der Waals surface area contributed by atoms with Crippen LogP contribution in [0.25, 0.3) is 0 Å². The highest BCUT2D eigenvalue weighted by molar-refractivity contribution is 6.00. The molecule has 1 aliphatic rings. The number of hydrogen-bond acceptors (Lipinski definition) is 5. The largest absolute Gasteiger partial charge is 0.508 e. The standard InChI is InChI=1S/C13H13NO6/c1-20-13(19)8-4-11(16)14(6-8)9-2-7(12(17)18)3-10(15)5-9/h2-3,5,8,15H,4,6H2,1H3,(H,17,18). The number of phenolic OH excluding ortho intramolecular Hbond substituents is 1. The number of carbonyl (C=O) groups excluding carboxylic acids is 2. The number of amides is 1. The minimum absolute atomic E-state index is 0.00470. The number of esters is 1. The molecule has 1 aromatic carbocycles. The average molecular weight is 279 g/mol. The summed E-state index contributed by atoms with van der Waals surface area (Å²) in [5, 5.41) is 18.4. The second kappa shape index (κ2) is 5.20. The van der Waals surface area contributed by atoms with E-state index in [0.717, 1.165) is 6.07 Å². The highest BCUT2D eigenvalue weighted by Crippen LogP contribution is 2.29. The number of methoxy groups -OCH3 is 1. The van der Waals surface area contributed by atoms with Crippen LogP contribution in [0.2, 0.25) is 0 Å². The molecule has 7 nitrogen and oxygen atoms in total. The quantitative estimate of drug-likeness (QED) is 0.786. The summed E-state index contributed by atoms with van der Waals surface area (Å²) >= 11 is 0. The first-order chi connectivity index (χ1) is 9.42. The number of phenols is 1. The van der Waals surface area contributed by atoms with Crippen LogP contribution >= 0.6 is 0 Å². The van der Waals surface area contributed by atoms with Crippen LogP contribution in [0.5, 0.6) is 5.75 Å². The van der Waals surface area contributed by atoms with E-state index < -0.39 is 17.9 Å². The zero-order chi connectivity index (χ0) is 14.9. The number of carboxylic acids is 1. The van der Waals surface area contributed by atoms with E-state index in [4.69, 9.17) is 5.11 Å². The maximum absolute atomic E-state index is 11.9. The molecule has 1 amide bonds. The highest BCUT2D eigenvalue weighted by atomic mass is 16.5. The number of carboxylic acid groups (broad SMARTS) is 1. The fraction of sp³-hybridized carbons (Fsp3) is 0.308. The number of aromatic hydroxyl groups is 1. The highest BCUT2D eigenvalue weighted by Gasteiger charge is 2.36. The van der Waals surface area contributed by atoms with E-state index >= 15 is 0 Å². The molecule has 2 rings (SSSR count). The summed E-state index contributed by atoms with van der Waals surface area (Å²) in [6.45, 7) is 0.105. The zero-order valence-corrected chi connectivity index (χ0v) is 10.7. The molecular weight excluding hydrogens is 266 g/mol. The van der Waals surface area contributed by atoms with Crippen LogP contribution < -0.4 is 4.90 Å². The van der Waals surface area contributed by atoms with E-state index in [9.17, 15) is 19.5 Å². The minimum atomic E-state index is -1.21. The molecule has 20 heavy (non-hydrogen) atoms. The topological polar surface area (TPSA) is 104 Å². The number of hydrogen-bond donors (Lipinski definition) is 2. The van der Waals surface area contributed by atoms with Crippen molar-refractivity contribution in [1.82, 2.24) is 0 Å². The second-order valence-corrected chi connectivity index (χ2v) is 4.47. The summed E-state index contributed by atoms with van der Waals surface area (Å²) in [6, 6.07) is 3.65. The van der Waals surface area contributed by atoms with Crippen LogP contribution in [-0.4, -0.2) is 41.7 Å². The molecule has 0 aromatic heterocycles. The van der Waals surface area contributed by atoms with Gasteiger partial charge in [0.25, 0.3) is 0 Å². The van der Waals surface area contributed by atoms with E-state index in [2.05, 4.69) is 4.74 Å². The molecule has 1 saturated heterocycles. The summed E-state index contributed by atoms with van der Waals surface area (Å²) in [6.07, 6.45) is 0.00470. The molecule has 1 heterocycles. The molecule has 2 N–H and O–H groups in total. The third-order valence-electron chi connectivity index (χ3n) is 3.12. The molecule has 0 bridgehead atoms. The lowest BCUT2D eigenvalue weighted by atomic mass is 10.1. The first-order valence-corrected chi connectivity index (χ1v) is 5.88. The predicted molar refractivity (Wildman–Crippen MR) is 67.5 cm³/mol. The van der Waals surface area contributed by atoms with Crippen molar-refractivity contribution in [2.45, 2.75) is 6.42 Å². The summed E-state index contributed by atoms with van der Waals surface area (Å²) in [5.41, 5.74) is 0.119. The lowest BCUT2D eigenvalue weighted by Crippen LogP contribution is -2.26. The van der Waals surface area contributed by atoms with Crippen molar-refractivity contribution < 1.29 is 29.3 Å². The zero-order valence-electron chi connectivity index (χ0n) is 10.7.